The highest BCUT2D eigenvalue weighted by atomic mass is 16.6. The van der Waals surface area contributed by atoms with Crippen LogP contribution in [0.3, 0.4) is 0 Å². The molecule has 3 amide bonds. The summed E-state index contributed by atoms with van der Waals surface area (Å²) in [6, 6.07) is 23.3. The van der Waals surface area contributed by atoms with Crippen LogP contribution in [0.2, 0.25) is 0 Å². The van der Waals surface area contributed by atoms with Gasteiger partial charge < -0.3 is 30.4 Å². The molecule has 4 aromatic rings. The molecule has 228 valence electrons. The summed E-state index contributed by atoms with van der Waals surface area (Å²) in [5.41, 5.74) is 2.42. The summed E-state index contributed by atoms with van der Waals surface area (Å²) in [6.45, 7) is 3.54. The second-order valence-corrected chi connectivity index (χ2v) is 11.2. The Morgan fingerprint density at radius 2 is 1.43 bits per heavy atom. The van der Waals surface area contributed by atoms with Crippen molar-refractivity contribution >= 4 is 34.6 Å². The van der Waals surface area contributed by atoms with E-state index in [1.807, 2.05) is 84.9 Å². The van der Waals surface area contributed by atoms with Gasteiger partial charge in [-0.25, -0.2) is 4.79 Å². The number of ketones is 1. The Hall–Kier alpha value is -4.96. The summed E-state index contributed by atoms with van der Waals surface area (Å²) in [7, 11) is 0. The maximum atomic E-state index is 13.9. The van der Waals surface area contributed by atoms with E-state index in [4.69, 9.17) is 9.47 Å². The van der Waals surface area contributed by atoms with Gasteiger partial charge in [-0.1, -0.05) is 78.9 Å². The van der Waals surface area contributed by atoms with E-state index in [0.29, 0.717) is 0 Å². The second kappa shape index (κ2) is 13.6. The highest BCUT2D eigenvalue weighted by molar-refractivity contribution is 5.98. The van der Waals surface area contributed by atoms with Crippen LogP contribution in [0.5, 0.6) is 0 Å². The van der Waals surface area contributed by atoms with Gasteiger partial charge in [0.2, 0.25) is 11.8 Å². The molecule has 10 heteroatoms. The lowest BCUT2D eigenvalue weighted by Gasteiger charge is -2.25. The number of carbonyl (C=O) groups excluding carboxylic acids is 4. The minimum absolute atomic E-state index is 0.0477. The van der Waals surface area contributed by atoms with Crippen LogP contribution in [0.1, 0.15) is 30.5 Å². The molecule has 5 rings (SSSR count). The number of carbonyl (C=O) groups is 4. The first-order chi connectivity index (χ1) is 21.2. The van der Waals surface area contributed by atoms with Gasteiger partial charge in [0.05, 0.1) is 12.6 Å². The largest absolute Gasteiger partial charge is 0.445 e. The number of epoxide rings is 1. The topological polar surface area (TPSA) is 142 Å². The van der Waals surface area contributed by atoms with Crippen LogP contribution in [0.25, 0.3) is 10.9 Å². The fraction of sp³-hybridized carbons (Fsp3) is 0.294. The van der Waals surface area contributed by atoms with E-state index in [0.717, 1.165) is 27.6 Å². The molecule has 0 unspecified atom stereocenters. The zero-order chi connectivity index (χ0) is 31.1. The molecular weight excluding hydrogens is 560 g/mol. The van der Waals surface area contributed by atoms with E-state index in [-0.39, 0.29) is 31.8 Å². The molecule has 1 aliphatic heterocycles. The van der Waals surface area contributed by atoms with Crippen molar-refractivity contribution in [2.75, 3.05) is 6.61 Å². The normalized spacial score (nSPS) is 17.6. The number of hydrogen-bond donors (Lipinski definition) is 4. The Kier molecular flexibility index (Phi) is 9.40. The number of Topliss-reactive ketones (excluding diaryl/α,β-unsaturated/α-hetero) is 1. The molecule has 1 aromatic heterocycles. The van der Waals surface area contributed by atoms with Gasteiger partial charge in [-0.05, 0) is 43.0 Å². The van der Waals surface area contributed by atoms with Crippen molar-refractivity contribution in [2.45, 2.75) is 57.0 Å². The zero-order valence-electron chi connectivity index (χ0n) is 24.7. The molecule has 0 radical (unpaired) electrons. The van der Waals surface area contributed by atoms with Crippen LogP contribution in [0.4, 0.5) is 4.79 Å². The van der Waals surface area contributed by atoms with Gasteiger partial charge >= 0.3 is 6.09 Å². The number of alkyl carbamates (subject to hydrolysis) is 1. The maximum absolute atomic E-state index is 13.9. The number of para-hydroxylation sites is 1. The van der Waals surface area contributed by atoms with Crippen LogP contribution in [0, 0.1) is 0 Å². The summed E-state index contributed by atoms with van der Waals surface area (Å²) in [5.74, 6) is -1.34. The van der Waals surface area contributed by atoms with Crippen LogP contribution in [-0.4, -0.2) is 59.0 Å². The van der Waals surface area contributed by atoms with Crippen molar-refractivity contribution in [1.29, 1.82) is 0 Å². The average molecular weight is 597 g/mol. The SMILES string of the molecule is C[C@@H](NC(=O)OCc1ccccc1)C(=O)N[C@@H](Cc1c[nH]c2ccccc12)C(=O)N[C@@H](Cc1ccccc1)C(=O)[C@@]1(C)CO1. The third-order valence-corrected chi connectivity index (χ3v) is 7.69. The van der Waals surface area contributed by atoms with Crippen molar-refractivity contribution in [3.05, 3.63) is 108 Å². The summed E-state index contributed by atoms with van der Waals surface area (Å²) >= 11 is 0. The van der Waals surface area contributed by atoms with E-state index in [9.17, 15) is 19.2 Å². The van der Waals surface area contributed by atoms with Gasteiger partial charge in [0.1, 0.15) is 24.3 Å². The summed E-state index contributed by atoms with van der Waals surface area (Å²) in [5, 5.41) is 9.10. The molecular formula is C34H36N4O6. The minimum atomic E-state index is -1.05. The molecule has 4 N–H and O–H groups in total. The number of nitrogens with one attached hydrogen (secondary N) is 4. The van der Waals surface area contributed by atoms with E-state index in [2.05, 4.69) is 20.9 Å². The first-order valence-corrected chi connectivity index (χ1v) is 14.6. The summed E-state index contributed by atoms with van der Waals surface area (Å²) in [4.78, 5) is 56.1. The fourth-order valence-corrected chi connectivity index (χ4v) is 4.98. The Bertz CT molecular complexity index is 1620. The molecule has 3 aromatic carbocycles. The van der Waals surface area contributed by atoms with Gasteiger partial charge in [-0.15, -0.1) is 0 Å². The van der Waals surface area contributed by atoms with Crippen molar-refractivity contribution in [2.24, 2.45) is 0 Å². The van der Waals surface area contributed by atoms with Crippen LogP contribution >= 0.6 is 0 Å². The van der Waals surface area contributed by atoms with E-state index < -0.39 is 41.6 Å². The van der Waals surface area contributed by atoms with E-state index >= 15 is 0 Å². The average Bonchev–Trinajstić information content (AvgIpc) is 3.67. The molecule has 0 bridgehead atoms. The lowest BCUT2D eigenvalue weighted by atomic mass is 9.94. The summed E-state index contributed by atoms with van der Waals surface area (Å²) < 4.78 is 10.7. The van der Waals surface area contributed by atoms with E-state index in [1.54, 1.807) is 13.1 Å². The third-order valence-electron chi connectivity index (χ3n) is 7.69. The number of benzene rings is 3. The van der Waals surface area contributed by atoms with Gasteiger partial charge in [-0.3, -0.25) is 14.4 Å². The fourth-order valence-electron chi connectivity index (χ4n) is 4.98. The molecule has 44 heavy (non-hydrogen) atoms. The summed E-state index contributed by atoms with van der Waals surface area (Å²) in [6.07, 6.45) is 1.45. The van der Waals surface area contributed by atoms with Gasteiger partial charge in [0, 0.05) is 23.5 Å². The number of rotatable bonds is 13. The smallest absolute Gasteiger partial charge is 0.408 e. The molecule has 0 spiro atoms. The molecule has 1 fully saturated rings. The van der Waals surface area contributed by atoms with Crippen molar-refractivity contribution < 1.29 is 28.7 Å². The predicted octanol–water partition coefficient (Wildman–Crippen LogP) is 3.60. The Morgan fingerprint density at radius 1 is 0.818 bits per heavy atom. The first-order valence-electron chi connectivity index (χ1n) is 14.6. The second-order valence-electron chi connectivity index (χ2n) is 11.2. The van der Waals surface area contributed by atoms with Crippen molar-refractivity contribution in [1.82, 2.24) is 20.9 Å². The van der Waals surface area contributed by atoms with Crippen LogP contribution in [-0.2, 0) is 43.3 Å². The highest BCUT2D eigenvalue weighted by Gasteiger charge is 2.50. The zero-order valence-corrected chi connectivity index (χ0v) is 24.7. The van der Waals surface area contributed by atoms with Crippen LogP contribution < -0.4 is 16.0 Å². The molecule has 1 saturated heterocycles. The molecule has 2 heterocycles. The third kappa shape index (κ3) is 7.70. The standard InChI is InChI=1S/C34H36N4O6/c1-22(36-33(42)43-20-24-13-7-4-8-14-24)31(40)38-29(18-25-19-35-27-16-10-9-15-26(25)27)32(41)37-28(30(39)34(2)21-44-34)17-23-11-5-3-6-12-23/h3-16,19,22,28-29,35H,17-18,20-21H2,1-2H3,(H,36,42)(H,37,41)(H,38,40)/t22-,28+,29+,34-/m1/s1. The molecule has 0 saturated carbocycles. The maximum Gasteiger partial charge on any atom is 0.408 e. The Balaban J connectivity index is 1.31. The Morgan fingerprint density at radius 3 is 2.11 bits per heavy atom. The van der Waals surface area contributed by atoms with Crippen molar-refractivity contribution in [3.63, 3.8) is 0 Å². The molecule has 4 atom stereocenters. The number of hydrogen-bond acceptors (Lipinski definition) is 6. The minimum Gasteiger partial charge on any atom is -0.445 e. The van der Waals surface area contributed by atoms with Crippen LogP contribution in [0.15, 0.2) is 91.1 Å². The molecule has 0 aliphatic carbocycles. The monoisotopic (exact) mass is 596 g/mol. The first kappa shape index (κ1) is 30.5. The quantitative estimate of drug-likeness (QED) is 0.174. The lowest BCUT2D eigenvalue weighted by molar-refractivity contribution is -0.133. The highest BCUT2D eigenvalue weighted by Crippen LogP contribution is 2.29. The number of fused-ring (bicyclic) bond motifs is 1. The lowest BCUT2D eigenvalue weighted by Crippen LogP contribution is -2.57. The molecule has 10 nitrogen and oxygen atoms in total. The molecule has 1 aliphatic rings. The van der Waals surface area contributed by atoms with Crippen molar-refractivity contribution in [3.8, 4) is 0 Å². The van der Waals surface area contributed by atoms with Gasteiger partial charge in [0.25, 0.3) is 0 Å². The van der Waals surface area contributed by atoms with Gasteiger partial charge in [0.15, 0.2) is 5.78 Å². The number of aromatic nitrogens is 1. The number of amides is 3. The number of aromatic amines is 1. The number of H-pyrrole nitrogens is 1. The predicted molar refractivity (Wildman–Crippen MR) is 165 cm³/mol. The Labute approximate surface area is 255 Å². The number of ether oxygens (including phenoxy) is 2. The van der Waals surface area contributed by atoms with Gasteiger partial charge in [-0.2, -0.15) is 0 Å². The van der Waals surface area contributed by atoms with E-state index in [1.165, 1.54) is 6.92 Å².